The Labute approximate surface area is 105 Å². The summed E-state index contributed by atoms with van der Waals surface area (Å²) in [5.74, 6) is 1.71. The quantitative estimate of drug-likeness (QED) is 0.853. The lowest BCUT2D eigenvalue weighted by Crippen LogP contribution is -2.30. The minimum atomic E-state index is 0.0607. The van der Waals surface area contributed by atoms with Gasteiger partial charge in [-0.1, -0.05) is 13.8 Å². The molecule has 0 radical (unpaired) electrons. The fraction of sp³-hybridized carbons (Fsp3) is 0.643. The Morgan fingerprint density at radius 3 is 2.47 bits per heavy atom. The van der Waals surface area contributed by atoms with Crippen LogP contribution in [-0.4, -0.2) is 18.1 Å². The van der Waals surface area contributed by atoms with Crippen molar-refractivity contribution in [2.24, 2.45) is 11.7 Å². The monoisotopic (exact) mass is 235 g/mol. The first-order valence-corrected chi connectivity index (χ1v) is 6.36. The molecule has 1 unspecified atom stereocenters. The Balaban J connectivity index is 2.81. The van der Waals surface area contributed by atoms with Crippen LogP contribution in [0.2, 0.25) is 0 Å². The summed E-state index contributed by atoms with van der Waals surface area (Å²) < 4.78 is 0. The molecule has 0 amide bonds. The van der Waals surface area contributed by atoms with Crippen molar-refractivity contribution in [3.8, 4) is 0 Å². The topological polar surface area (TPSA) is 42.1 Å². The summed E-state index contributed by atoms with van der Waals surface area (Å²) in [6.07, 6.45) is 3.01. The van der Waals surface area contributed by atoms with Gasteiger partial charge in [0.15, 0.2) is 0 Å². The molecule has 1 aromatic heterocycles. The van der Waals surface area contributed by atoms with E-state index in [9.17, 15) is 0 Å². The highest BCUT2D eigenvalue weighted by Crippen LogP contribution is 2.19. The third-order valence-electron chi connectivity index (χ3n) is 3.13. The number of rotatable bonds is 5. The van der Waals surface area contributed by atoms with Crippen molar-refractivity contribution >= 4 is 5.82 Å². The lowest BCUT2D eigenvalue weighted by Gasteiger charge is -2.27. The summed E-state index contributed by atoms with van der Waals surface area (Å²) >= 11 is 0. The van der Waals surface area contributed by atoms with E-state index in [1.54, 1.807) is 0 Å². The molecule has 2 atom stereocenters. The molecule has 0 aromatic carbocycles. The van der Waals surface area contributed by atoms with Gasteiger partial charge in [0.1, 0.15) is 5.82 Å². The molecule has 0 aliphatic rings. The second-order valence-electron chi connectivity index (χ2n) is 5.33. The van der Waals surface area contributed by atoms with Crippen molar-refractivity contribution in [1.82, 2.24) is 4.98 Å². The van der Waals surface area contributed by atoms with Crippen LogP contribution in [0.15, 0.2) is 18.3 Å². The Kier molecular flexibility index (Phi) is 4.94. The zero-order chi connectivity index (χ0) is 13.0. The van der Waals surface area contributed by atoms with Gasteiger partial charge in [-0.2, -0.15) is 0 Å². The minimum Gasteiger partial charge on any atom is -0.357 e. The standard InChI is InChI=1S/C14H25N3/c1-10(2)8-11(3)17(5)14-9-13(12(4)15)6-7-16-14/h6-7,9-12H,8,15H2,1-5H3/t11?,12-/m1/s1. The summed E-state index contributed by atoms with van der Waals surface area (Å²) in [6, 6.07) is 4.62. The van der Waals surface area contributed by atoms with Gasteiger partial charge in [0.2, 0.25) is 0 Å². The van der Waals surface area contributed by atoms with Crippen LogP contribution in [0, 0.1) is 5.92 Å². The van der Waals surface area contributed by atoms with E-state index in [0.717, 1.165) is 11.4 Å². The van der Waals surface area contributed by atoms with E-state index in [1.807, 2.05) is 19.2 Å². The van der Waals surface area contributed by atoms with Gasteiger partial charge in [0.05, 0.1) is 0 Å². The van der Waals surface area contributed by atoms with E-state index in [1.165, 1.54) is 6.42 Å². The second kappa shape index (κ2) is 6.01. The average Bonchev–Trinajstić information content (AvgIpc) is 2.27. The first kappa shape index (κ1) is 14.0. The molecule has 0 saturated carbocycles. The normalized spacial score (nSPS) is 14.8. The SMILES string of the molecule is CC(C)CC(C)N(C)c1cc([C@@H](C)N)ccn1. The van der Waals surface area contributed by atoms with Crippen LogP contribution < -0.4 is 10.6 Å². The van der Waals surface area contributed by atoms with Crippen molar-refractivity contribution in [1.29, 1.82) is 0 Å². The van der Waals surface area contributed by atoms with Crippen LogP contribution >= 0.6 is 0 Å². The van der Waals surface area contributed by atoms with Crippen molar-refractivity contribution in [3.63, 3.8) is 0 Å². The molecule has 1 aromatic rings. The number of pyridine rings is 1. The van der Waals surface area contributed by atoms with E-state index in [4.69, 9.17) is 5.73 Å². The molecule has 17 heavy (non-hydrogen) atoms. The van der Waals surface area contributed by atoms with Gasteiger partial charge in [-0.15, -0.1) is 0 Å². The molecule has 0 saturated heterocycles. The Bertz CT molecular complexity index is 347. The van der Waals surface area contributed by atoms with Crippen LogP contribution in [0.5, 0.6) is 0 Å². The van der Waals surface area contributed by atoms with Crippen molar-refractivity contribution in [2.45, 2.75) is 46.2 Å². The number of hydrogen-bond donors (Lipinski definition) is 1. The lowest BCUT2D eigenvalue weighted by atomic mass is 10.0. The minimum absolute atomic E-state index is 0.0607. The van der Waals surface area contributed by atoms with E-state index in [0.29, 0.717) is 12.0 Å². The van der Waals surface area contributed by atoms with E-state index >= 15 is 0 Å². The van der Waals surface area contributed by atoms with Crippen molar-refractivity contribution < 1.29 is 0 Å². The highest BCUT2D eigenvalue weighted by molar-refractivity contribution is 5.41. The van der Waals surface area contributed by atoms with Gasteiger partial charge in [-0.25, -0.2) is 4.98 Å². The molecule has 0 aliphatic heterocycles. The van der Waals surface area contributed by atoms with Crippen LogP contribution in [0.25, 0.3) is 0 Å². The highest BCUT2D eigenvalue weighted by atomic mass is 15.2. The summed E-state index contributed by atoms with van der Waals surface area (Å²) in [6.45, 7) is 8.73. The number of anilines is 1. The highest BCUT2D eigenvalue weighted by Gasteiger charge is 2.13. The Hall–Kier alpha value is -1.09. The Morgan fingerprint density at radius 2 is 1.94 bits per heavy atom. The van der Waals surface area contributed by atoms with Gasteiger partial charge >= 0.3 is 0 Å². The summed E-state index contributed by atoms with van der Waals surface area (Å²) in [5, 5.41) is 0. The molecule has 3 nitrogen and oxygen atoms in total. The van der Waals surface area contributed by atoms with E-state index in [2.05, 4.69) is 43.8 Å². The Morgan fingerprint density at radius 1 is 1.29 bits per heavy atom. The molecule has 0 bridgehead atoms. The largest absolute Gasteiger partial charge is 0.357 e. The van der Waals surface area contributed by atoms with Crippen LogP contribution in [0.3, 0.4) is 0 Å². The van der Waals surface area contributed by atoms with Crippen LogP contribution in [-0.2, 0) is 0 Å². The van der Waals surface area contributed by atoms with Gasteiger partial charge in [-0.3, -0.25) is 0 Å². The fourth-order valence-corrected chi connectivity index (χ4v) is 1.98. The maximum Gasteiger partial charge on any atom is 0.128 e. The third kappa shape index (κ3) is 4.00. The smallest absolute Gasteiger partial charge is 0.128 e. The third-order valence-corrected chi connectivity index (χ3v) is 3.13. The molecule has 96 valence electrons. The molecule has 1 rings (SSSR count). The van der Waals surface area contributed by atoms with Crippen molar-refractivity contribution in [2.75, 3.05) is 11.9 Å². The molecule has 0 aliphatic carbocycles. The molecular weight excluding hydrogens is 210 g/mol. The van der Waals surface area contributed by atoms with Crippen LogP contribution in [0.4, 0.5) is 5.82 Å². The molecule has 0 spiro atoms. The number of hydrogen-bond acceptors (Lipinski definition) is 3. The van der Waals surface area contributed by atoms with Gasteiger partial charge in [0.25, 0.3) is 0 Å². The van der Waals surface area contributed by atoms with Crippen LogP contribution in [0.1, 0.15) is 45.7 Å². The average molecular weight is 235 g/mol. The first-order valence-electron chi connectivity index (χ1n) is 6.36. The predicted octanol–water partition coefficient (Wildman–Crippen LogP) is 2.97. The molecular formula is C14H25N3. The second-order valence-corrected chi connectivity index (χ2v) is 5.33. The summed E-state index contributed by atoms with van der Waals surface area (Å²) in [4.78, 5) is 6.65. The predicted molar refractivity (Wildman–Crippen MR) is 74.2 cm³/mol. The van der Waals surface area contributed by atoms with Crippen molar-refractivity contribution in [3.05, 3.63) is 23.9 Å². The number of nitrogens with two attached hydrogens (primary N) is 1. The van der Waals surface area contributed by atoms with E-state index < -0.39 is 0 Å². The maximum absolute atomic E-state index is 5.89. The lowest BCUT2D eigenvalue weighted by molar-refractivity contribution is 0.502. The first-order chi connectivity index (χ1) is 7.91. The summed E-state index contributed by atoms with van der Waals surface area (Å²) in [5.41, 5.74) is 7.03. The summed E-state index contributed by atoms with van der Waals surface area (Å²) in [7, 11) is 2.10. The van der Waals surface area contributed by atoms with Gasteiger partial charge < -0.3 is 10.6 Å². The molecule has 0 fully saturated rings. The van der Waals surface area contributed by atoms with E-state index in [-0.39, 0.29) is 6.04 Å². The fourth-order valence-electron chi connectivity index (χ4n) is 1.98. The van der Waals surface area contributed by atoms with Gasteiger partial charge in [-0.05, 0) is 43.9 Å². The maximum atomic E-state index is 5.89. The molecule has 2 N–H and O–H groups in total. The number of nitrogens with zero attached hydrogens (tertiary/aromatic N) is 2. The zero-order valence-corrected chi connectivity index (χ0v) is 11.6. The molecule has 1 heterocycles. The number of aromatic nitrogens is 1. The van der Waals surface area contributed by atoms with Gasteiger partial charge in [0, 0.05) is 25.3 Å². The molecule has 3 heteroatoms. The zero-order valence-electron chi connectivity index (χ0n) is 11.6.